The Kier molecular flexibility index (Phi) is 8.31. The van der Waals surface area contributed by atoms with Gasteiger partial charge in [-0.15, -0.1) is 0 Å². The van der Waals surface area contributed by atoms with Gasteiger partial charge in [0.2, 0.25) is 5.91 Å². The van der Waals surface area contributed by atoms with Crippen LogP contribution >= 0.6 is 0 Å². The van der Waals surface area contributed by atoms with Gasteiger partial charge in [0.15, 0.2) is 0 Å². The van der Waals surface area contributed by atoms with Crippen molar-refractivity contribution < 1.29 is 18.0 Å². The number of carbonyl (C=O) groups is 1. The molecule has 0 radical (unpaired) electrons. The molecular formula is C24H32F3N5O. The Bertz CT molecular complexity index is 948. The summed E-state index contributed by atoms with van der Waals surface area (Å²) in [6.07, 6.45) is -3.54. The fourth-order valence-electron chi connectivity index (χ4n) is 3.89. The second kappa shape index (κ2) is 11.0. The third kappa shape index (κ3) is 6.91. The van der Waals surface area contributed by atoms with Crippen molar-refractivity contribution in [3.8, 4) is 0 Å². The Labute approximate surface area is 193 Å². The fourth-order valence-corrected chi connectivity index (χ4v) is 3.89. The molecular weight excluding hydrogens is 431 g/mol. The van der Waals surface area contributed by atoms with Crippen LogP contribution in [0.1, 0.15) is 29.4 Å². The van der Waals surface area contributed by atoms with Crippen LogP contribution in [0.4, 0.5) is 18.9 Å². The van der Waals surface area contributed by atoms with Crippen LogP contribution in [0.5, 0.6) is 0 Å². The number of likely N-dealkylation sites (N-methyl/N-ethyl adjacent to an activating group) is 2. The van der Waals surface area contributed by atoms with Gasteiger partial charge < -0.3 is 15.1 Å². The highest BCUT2D eigenvalue weighted by Crippen LogP contribution is 2.28. The Balaban J connectivity index is 1.72. The van der Waals surface area contributed by atoms with E-state index >= 15 is 0 Å². The standard InChI is InChI=1S/C24H32F3N5O/c1-4-31-12-11-18-7-5-9-21(20(18)17-31)28-15-23(33)32(14-13-30(2)3)16-19-8-6-10-22(29-19)24(25,26)27/h5-10,28H,4,11-17H2,1-3H3. The first-order valence-electron chi connectivity index (χ1n) is 11.2. The summed E-state index contributed by atoms with van der Waals surface area (Å²) in [5.41, 5.74) is 2.69. The van der Waals surface area contributed by atoms with Gasteiger partial charge in [-0.05, 0) is 56.4 Å². The van der Waals surface area contributed by atoms with Gasteiger partial charge in [0, 0.05) is 31.9 Å². The van der Waals surface area contributed by atoms with Crippen LogP contribution in [0.2, 0.25) is 0 Å². The molecule has 0 unspecified atom stereocenters. The molecule has 1 aromatic heterocycles. The molecule has 180 valence electrons. The minimum absolute atomic E-state index is 0.0226. The van der Waals surface area contributed by atoms with E-state index in [1.165, 1.54) is 23.3 Å². The summed E-state index contributed by atoms with van der Waals surface area (Å²) in [7, 11) is 3.78. The largest absolute Gasteiger partial charge is 0.433 e. The number of nitrogens with zero attached hydrogens (tertiary/aromatic N) is 4. The third-order valence-corrected chi connectivity index (χ3v) is 5.85. The lowest BCUT2D eigenvalue weighted by Gasteiger charge is -2.30. The molecule has 6 nitrogen and oxygen atoms in total. The average Bonchev–Trinajstić information content (AvgIpc) is 2.79. The highest BCUT2D eigenvalue weighted by molar-refractivity contribution is 5.81. The van der Waals surface area contributed by atoms with Gasteiger partial charge in [-0.1, -0.05) is 25.1 Å². The van der Waals surface area contributed by atoms with Gasteiger partial charge in [0.05, 0.1) is 18.8 Å². The maximum atomic E-state index is 13.1. The van der Waals surface area contributed by atoms with Crippen molar-refractivity contribution >= 4 is 11.6 Å². The summed E-state index contributed by atoms with van der Waals surface area (Å²) in [4.78, 5) is 22.7. The number of pyridine rings is 1. The van der Waals surface area contributed by atoms with Crippen LogP contribution in [0, 0.1) is 0 Å². The SMILES string of the molecule is CCN1CCc2cccc(NCC(=O)N(CCN(C)C)Cc3cccc(C(F)(F)F)n3)c2C1. The van der Waals surface area contributed by atoms with Crippen molar-refractivity contribution in [2.45, 2.75) is 32.6 Å². The molecule has 1 aliphatic heterocycles. The highest BCUT2D eigenvalue weighted by atomic mass is 19.4. The molecule has 0 saturated carbocycles. The van der Waals surface area contributed by atoms with Crippen LogP contribution in [0.15, 0.2) is 36.4 Å². The number of amides is 1. The zero-order chi connectivity index (χ0) is 24.0. The number of carbonyl (C=O) groups excluding carboxylic acids is 1. The fraction of sp³-hybridized carbons (Fsp3) is 0.500. The molecule has 2 heterocycles. The molecule has 33 heavy (non-hydrogen) atoms. The van der Waals surface area contributed by atoms with E-state index in [0.717, 1.165) is 37.8 Å². The van der Waals surface area contributed by atoms with Gasteiger partial charge >= 0.3 is 6.18 Å². The van der Waals surface area contributed by atoms with Crippen molar-refractivity contribution in [2.75, 3.05) is 52.1 Å². The van der Waals surface area contributed by atoms with E-state index in [-0.39, 0.29) is 24.7 Å². The molecule has 1 aromatic carbocycles. The molecule has 0 bridgehead atoms. The van der Waals surface area contributed by atoms with Crippen LogP contribution in [0.3, 0.4) is 0 Å². The smallest absolute Gasteiger partial charge is 0.376 e. The number of aromatic nitrogens is 1. The lowest BCUT2D eigenvalue weighted by molar-refractivity contribution is -0.141. The summed E-state index contributed by atoms with van der Waals surface area (Å²) in [6, 6.07) is 9.87. The number of halogens is 3. The number of anilines is 1. The number of nitrogens with one attached hydrogen (secondary N) is 1. The molecule has 0 fully saturated rings. The van der Waals surface area contributed by atoms with Crippen molar-refractivity contribution in [1.29, 1.82) is 0 Å². The van der Waals surface area contributed by atoms with Crippen molar-refractivity contribution in [3.63, 3.8) is 0 Å². The number of alkyl halides is 3. The van der Waals surface area contributed by atoms with Crippen LogP contribution < -0.4 is 5.32 Å². The molecule has 0 atom stereocenters. The number of benzene rings is 1. The summed E-state index contributed by atoms with van der Waals surface area (Å²) in [6.45, 7) is 6.03. The minimum atomic E-state index is -4.52. The van der Waals surface area contributed by atoms with Gasteiger partial charge in [-0.2, -0.15) is 13.2 Å². The molecule has 1 N–H and O–H groups in total. The lowest BCUT2D eigenvalue weighted by atomic mass is 9.98. The number of hydrogen-bond donors (Lipinski definition) is 1. The first-order valence-corrected chi connectivity index (χ1v) is 11.2. The molecule has 0 aliphatic carbocycles. The van der Waals surface area contributed by atoms with Crippen molar-refractivity contribution in [2.24, 2.45) is 0 Å². The Morgan fingerprint density at radius 1 is 1.15 bits per heavy atom. The van der Waals surface area contributed by atoms with E-state index in [1.54, 1.807) is 4.90 Å². The Hall–Kier alpha value is -2.65. The van der Waals surface area contributed by atoms with E-state index in [4.69, 9.17) is 0 Å². The van der Waals surface area contributed by atoms with Gasteiger partial charge in [0.25, 0.3) is 0 Å². The lowest BCUT2D eigenvalue weighted by Crippen LogP contribution is -2.40. The Morgan fingerprint density at radius 3 is 2.61 bits per heavy atom. The zero-order valence-corrected chi connectivity index (χ0v) is 19.5. The number of hydrogen-bond acceptors (Lipinski definition) is 5. The summed E-state index contributed by atoms with van der Waals surface area (Å²) in [5.74, 6) is -0.183. The molecule has 1 amide bonds. The van der Waals surface area contributed by atoms with Crippen LogP contribution in [-0.2, 0) is 30.5 Å². The summed E-state index contributed by atoms with van der Waals surface area (Å²) < 4.78 is 39.2. The van der Waals surface area contributed by atoms with E-state index in [2.05, 4.69) is 28.2 Å². The first kappa shape index (κ1) is 25.0. The summed E-state index contributed by atoms with van der Waals surface area (Å²) in [5, 5.41) is 3.27. The maximum absolute atomic E-state index is 13.1. The van der Waals surface area contributed by atoms with Crippen LogP contribution in [-0.4, -0.2) is 72.4 Å². The van der Waals surface area contributed by atoms with Gasteiger partial charge in [-0.25, -0.2) is 4.98 Å². The molecule has 0 saturated heterocycles. The normalized spacial score (nSPS) is 14.3. The molecule has 0 spiro atoms. The average molecular weight is 464 g/mol. The first-order chi connectivity index (χ1) is 15.7. The molecule has 2 aromatic rings. The molecule has 1 aliphatic rings. The number of fused-ring (bicyclic) bond motifs is 1. The van der Waals surface area contributed by atoms with E-state index < -0.39 is 11.9 Å². The molecule has 9 heteroatoms. The second-order valence-electron chi connectivity index (χ2n) is 8.55. The summed E-state index contributed by atoms with van der Waals surface area (Å²) >= 11 is 0. The molecule has 3 rings (SSSR count). The Morgan fingerprint density at radius 2 is 1.91 bits per heavy atom. The third-order valence-electron chi connectivity index (χ3n) is 5.85. The van der Waals surface area contributed by atoms with Crippen molar-refractivity contribution in [3.05, 3.63) is 58.9 Å². The zero-order valence-electron chi connectivity index (χ0n) is 19.5. The highest BCUT2D eigenvalue weighted by Gasteiger charge is 2.32. The quantitative estimate of drug-likeness (QED) is 0.617. The predicted octanol–water partition coefficient (Wildman–Crippen LogP) is 3.48. The van der Waals surface area contributed by atoms with Crippen LogP contribution in [0.25, 0.3) is 0 Å². The number of rotatable bonds is 9. The van der Waals surface area contributed by atoms with Crippen molar-refractivity contribution in [1.82, 2.24) is 19.7 Å². The van der Waals surface area contributed by atoms with Gasteiger partial charge in [0.1, 0.15) is 5.69 Å². The topological polar surface area (TPSA) is 51.7 Å². The van der Waals surface area contributed by atoms with Gasteiger partial charge in [-0.3, -0.25) is 9.69 Å². The van der Waals surface area contributed by atoms with E-state index in [1.807, 2.05) is 31.1 Å². The predicted molar refractivity (Wildman–Crippen MR) is 123 cm³/mol. The monoisotopic (exact) mass is 463 g/mol. The minimum Gasteiger partial charge on any atom is -0.376 e. The van der Waals surface area contributed by atoms with E-state index in [0.29, 0.717) is 13.1 Å². The maximum Gasteiger partial charge on any atom is 0.433 e. The van der Waals surface area contributed by atoms with E-state index in [9.17, 15) is 18.0 Å². The second-order valence-corrected chi connectivity index (χ2v) is 8.55.